The lowest BCUT2D eigenvalue weighted by Gasteiger charge is -2.35. The number of amides is 2. The van der Waals surface area contributed by atoms with Crippen LogP contribution in [0.15, 0.2) is 77.7 Å². The first-order valence-corrected chi connectivity index (χ1v) is 13.8. The average Bonchev–Trinajstić information content (AvgIpc) is 2.94. The lowest BCUT2D eigenvalue weighted by molar-refractivity contribution is -0.128. The number of nitrogens with one attached hydrogen (secondary N) is 1. The zero-order chi connectivity index (χ0) is 27.3. The van der Waals surface area contributed by atoms with Gasteiger partial charge in [-0.1, -0.05) is 61.0 Å². The largest absolute Gasteiger partial charge is 0.495 e. The third-order valence-corrected chi connectivity index (χ3v) is 8.31. The van der Waals surface area contributed by atoms with Crippen molar-refractivity contribution in [3.8, 4) is 11.5 Å². The van der Waals surface area contributed by atoms with Gasteiger partial charge < -0.3 is 19.7 Å². The van der Waals surface area contributed by atoms with Crippen LogP contribution < -0.4 is 19.7 Å². The highest BCUT2D eigenvalue weighted by Gasteiger charge is 2.36. The van der Waals surface area contributed by atoms with Gasteiger partial charge in [0.2, 0.25) is 15.9 Å². The van der Waals surface area contributed by atoms with Crippen LogP contribution >= 0.6 is 11.6 Å². The summed E-state index contributed by atoms with van der Waals surface area (Å²) in [6.07, 6.45) is -0.968. The maximum Gasteiger partial charge on any atom is 0.263 e. The van der Waals surface area contributed by atoms with E-state index in [1.807, 2.05) is 30.3 Å². The summed E-state index contributed by atoms with van der Waals surface area (Å²) in [5.41, 5.74) is 1.39. The third kappa shape index (κ3) is 5.93. The fraction of sp³-hybridized carbons (Fsp3) is 0.259. The van der Waals surface area contributed by atoms with Crippen molar-refractivity contribution in [2.45, 2.75) is 24.5 Å². The van der Waals surface area contributed by atoms with Crippen LogP contribution in [-0.2, 0) is 26.2 Å². The van der Waals surface area contributed by atoms with Gasteiger partial charge in [0, 0.05) is 13.1 Å². The van der Waals surface area contributed by atoms with Crippen molar-refractivity contribution < 1.29 is 27.5 Å². The molecule has 0 spiro atoms. The molecular formula is C27H28ClN3O6S. The molecule has 4 rings (SSSR count). The van der Waals surface area contributed by atoms with Crippen LogP contribution in [0.2, 0.25) is 5.02 Å². The second-order valence-corrected chi connectivity index (χ2v) is 10.9. The second kappa shape index (κ2) is 11.8. The number of anilines is 1. The molecule has 0 aromatic heterocycles. The van der Waals surface area contributed by atoms with Gasteiger partial charge in [-0.3, -0.25) is 9.59 Å². The van der Waals surface area contributed by atoms with E-state index >= 15 is 0 Å². The molecule has 2 amide bonds. The first kappa shape index (κ1) is 27.4. The predicted octanol–water partition coefficient (Wildman–Crippen LogP) is 3.47. The van der Waals surface area contributed by atoms with E-state index in [0.717, 1.165) is 9.87 Å². The first-order chi connectivity index (χ1) is 18.2. The number of para-hydroxylation sites is 2. The van der Waals surface area contributed by atoms with Crippen molar-refractivity contribution >= 4 is 39.1 Å². The number of halogens is 1. The summed E-state index contributed by atoms with van der Waals surface area (Å²) in [6.45, 7) is 1.49. The van der Waals surface area contributed by atoms with Gasteiger partial charge in [0.1, 0.15) is 11.5 Å². The molecule has 1 N–H and O–H groups in total. The van der Waals surface area contributed by atoms with E-state index in [0.29, 0.717) is 23.7 Å². The number of fused-ring (bicyclic) bond motifs is 1. The first-order valence-electron chi connectivity index (χ1n) is 12.0. The lowest BCUT2D eigenvalue weighted by Crippen LogP contribution is -2.53. The Morgan fingerprint density at radius 2 is 1.82 bits per heavy atom. The number of benzene rings is 3. The molecular weight excluding hydrogens is 530 g/mol. The number of methoxy groups -OCH3 is 1. The highest BCUT2D eigenvalue weighted by Crippen LogP contribution is 2.34. The van der Waals surface area contributed by atoms with E-state index < -0.39 is 28.6 Å². The molecule has 0 radical (unpaired) electrons. The highest BCUT2D eigenvalue weighted by atomic mass is 35.5. The molecule has 1 heterocycles. The van der Waals surface area contributed by atoms with Crippen LogP contribution in [0.5, 0.6) is 11.5 Å². The van der Waals surface area contributed by atoms with Gasteiger partial charge in [0.05, 0.1) is 35.8 Å². The number of carbonyl (C=O) groups excluding carboxylic acids is 2. The van der Waals surface area contributed by atoms with Gasteiger partial charge in [-0.2, -0.15) is 4.31 Å². The Bertz CT molecular complexity index is 1420. The van der Waals surface area contributed by atoms with Crippen molar-refractivity contribution in [3.05, 3.63) is 83.4 Å². The van der Waals surface area contributed by atoms with Gasteiger partial charge in [0.25, 0.3) is 5.91 Å². The minimum Gasteiger partial charge on any atom is -0.495 e. The maximum absolute atomic E-state index is 13.5. The molecule has 9 nitrogen and oxygen atoms in total. The van der Waals surface area contributed by atoms with E-state index in [1.54, 1.807) is 31.2 Å². The molecule has 1 atom stereocenters. The molecule has 3 aromatic carbocycles. The monoisotopic (exact) mass is 557 g/mol. The Balaban J connectivity index is 1.53. The van der Waals surface area contributed by atoms with Crippen LogP contribution in [-0.4, -0.2) is 57.4 Å². The summed E-state index contributed by atoms with van der Waals surface area (Å²) in [4.78, 5) is 27.8. The topological polar surface area (TPSA) is 105 Å². The fourth-order valence-corrected chi connectivity index (χ4v) is 5.81. The number of ether oxygens (including phenoxy) is 2. The SMILES string of the molecule is CCN(CC(=O)N1CC(C(=O)NCc2ccccc2)Oc2ccccc21)S(=O)(=O)c1ccc(OC)c(Cl)c1. The lowest BCUT2D eigenvalue weighted by atomic mass is 10.1. The Morgan fingerprint density at radius 1 is 1.11 bits per heavy atom. The molecule has 0 fully saturated rings. The molecule has 1 aliphatic rings. The normalized spacial score (nSPS) is 14.9. The summed E-state index contributed by atoms with van der Waals surface area (Å²) in [5.74, 6) is -0.174. The Kier molecular flexibility index (Phi) is 8.55. The third-order valence-electron chi connectivity index (χ3n) is 6.10. The molecule has 0 aliphatic carbocycles. The molecule has 38 heavy (non-hydrogen) atoms. The van der Waals surface area contributed by atoms with Crippen LogP contribution in [0.4, 0.5) is 5.69 Å². The average molecular weight is 558 g/mol. The number of hydrogen-bond acceptors (Lipinski definition) is 6. The standard InChI is InChI=1S/C27H28ClN3O6S/c1-3-30(38(34,35)20-13-14-23(36-2)21(28)15-20)18-26(32)31-17-25(37-24-12-8-7-11-22(24)31)27(33)29-16-19-9-5-4-6-10-19/h4-15,25H,3,16-18H2,1-2H3,(H,29,33). The fourth-order valence-electron chi connectivity index (χ4n) is 4.07. The van der Waals surface area contributed by atoms with Gasteiger partial charge in [-0.15, -0.1) is 0 Å². The number of nitrogens with zero attached hydrogens (tertiary/aromatic N) is 2. The highest BCUT2D eigenvalue weighted by molar-refractivity contribution is 7.89. The van der Waals surface area contributed by atoms with Gasteiger partial charge in [0.15, 0.2) is 6.10 Å². The molecule has 11 heteroatoms. The van der Waals surface area contributed by atoms with Crippen molar-refractivity contribution in [2.75, 3.05) is 31.6 Å². The summed E-state index contributed by atoms with van der Waals surface area (Å²) >= 11 is 6.14. The van der Waals surface area contributed by atoms with Crippen LogP contribution in [0.3, 0.4) is 0 Å². The van der Waals surface area contributed by atoms with E-state index in [1.165, 1.54) is 30.2 Å². The van der Waals surface area contributed by atoms with Crippen LogP contribution in [0, 0.1) is 0 Å². The van der Waals surface area contributed by atoms with Crippen molar-refractivity contribution in [3.63, 3.8) is 0 Å². The molecule has 200 valence electrons. The molecule has 0 bridgehead atoms. The summed E-state index contributed by atoms with van der Waals surface area (Å²) in [7, 11) is -2.61. The Hall–Kier alpha value is -3.60. The molecule has 3 aromatic rings. The quantitative estimate of drug-likeness (QED) is 0.432. The minimum atomic E-state index is -4.04. The van der Waals surface area contributed by atoms with Gasteiger partial charge in [-0.25, -0.2) is 8.42 Å². The molecule has 0 saturated carbocycles. The maximum atomic E-state index is 13.5. The van der Waals surface area contributed by atoms with E-state index in [-0.39, 0.29) is 28.9 Å². The Labute approximate surface area is 227 Å². The van der Waals surface area contributed by atoms with Crippen LogP contribution in [0.25, 0.3) is 0 Å². The van der Waals surface area contributed by atoms with Crippen molar-refractivity contribution in [1.82, 2.24) is 9.62 Å². The number of rotatable bonds is 9. The van der Waals surface area contributed by atoms with Crippen molar-refractivity contribution in [1.29, 1.82) is 0 Å². The number of carbonyl (C=O) groups is 2. The van der Waals surface area contributed by atoms with Crippen molar-refractivity contribution in [2.24, 2.45) is 0 Å². The van der Waals surface area contributed by atoms with Gasteiger partial charge >= 0.3 is 0 Å². The summed E-state index contributed by atoms with van der Waals surface area (Å²) < 4.78 is 38.7. The minimum absolute atomic E-state index is 0.0463. The Morgan fingerprint density at radius 3 is 2.50 bits per heavy atom. The molecule has 1 unspecified atom stereocenters. The van der Waals surface area contributed by atoms with Crippen LogP contribution in [0.1, 0.15) is 12.5 Å². The van der Waals surface area contributed by atoms with E-state index in [9.17, 15) is 18.0 Å². The summed E-state index contributed by atoms with van der Waals surface area (Å²) in [5, 5.41) is 2.98. The van der Waals surface area contributed by atoms with E-state index in [2.05, 4.69) is 5.32 Å². The zero-order valence-corrected chi connectivity index (χ0v) is 22.5. The predicted molar refractivity (Wildman–Crippen MR) is 144 cm³/mol. The number of sulfonamides is 1. The molecule has 0 saturated heterocycles. The second-order valence-electron chi connectivity index (χ2n) is 8.51. The number of likely N-dealkylation sites (N-methyl/N-ethyl adjacent to an activating group) is 1. The van der Waals surface area contributed by atoms with E-state index in [4.69, 9.17) is 21.1 Å². The zero-order valence-electron chi connectivity index (χ0n) is 21.0. The molecule has 1 aliphatic heterocycles. The smallest absolute Gasteiger partial charge is 0.263 e. The van der Waals surface area contributed by atoms with Gasteiger partial charge in [-0.05, 0) is 35.9 Å². The summed E-state index contributed by atoms with van der Waals surface area (Å²) in [6, 6.07) is 20.4. The number of hydrogen-bond donors (Lipinski definition) is 1.